The topological polar surface area (TPSA) is 40.5 Å². The molecule has 0 aliphatic carbocycles. The third-order valence-electron chi connectivity index (χ3n) is 3.35. The molecule has 92 valence electrons. The molecule has 1 amide bonds. The van der Waals surface area contributed by atoms with Crippen molar-refractivity contribution in [3.63, 3.8) is 0 Å². The average molecular weight is 233 g/mol. The number of hydrogen-bond donors (Lipinski definition) is 1. The fourth-order valence-electron chi connectivity index (χ4n) is 2.44. The van der Waals surface area contributed by atoms with Gasteiger partial charge in [0.15, 0.2) is 0 Å². The second kappa shape index (κ2) is 5.82. The van der Waals surface area contributed by atoms with Crippen molar-refractivity contribution < 1.29 is 9.90 Å². The molecule has 1 heterocycles. The fraction of sp³-hybridized carbons (Fsp3) is 0.500. The number of likely N-dealkylation sites (tertiary alicyclic amines) is 1. The first-order valence-electron chi connectivity index (χ1n) is 6.27. The maximum absolute atomic E-state index is 12.4. The van der Waals surface area contributed by atoms with E-state index in [1.165, 1.54) is 0 Å². The zero-order valence-corrected chi connectivity index (χ0v) is 10.0. The number of carbonyl (C=O) groups excluding carboxylic acids is 1. The van der Waals surface area contributed by atoms with Crippen molar-refractivity contribution in [3.8, 4) is 0 Å². The number of β-amino-alcohol motifs (C(OH)–C–C–N with tert-alkyl or cyclic N) is 1. The number of aliphatic hydroxyl groups excluding tert-OH is 1. The van der Waals surface area contributed by atoms with Gasteiger partial charge in [0.25, 0.3) is 0 Å². The van der Waals surface area contributed by atoms with Crippen molar-refractivity contribution in [3.05, 3.63) is 35.9 Å². The molecule has 0 saturated carbocycles. The maximum atomic E-state index is 12.4. The Morgan fingerprint density at radius 1 is 1.24 bits per heavy atom. The number of aliphatic hydroxyl groups is 1. The van der Waals surface area contributed by atoms with Crippen LogP contribution in [0.25, 0.3) is 0 Å². The molecule has 1 N–H and O–H groups in total. The van der Waals surface area contributed by atoms with Crippen LogP contribution in [0.4, 0.5) is 0 Å². The molecule has 0 bridgehead atoms. The van der Waals surface area contributed by atoms with Crippen LogP contribution >= 0.6 is 0 Å². The van der Waals surface area contributed by atoms with Gasteiger partial charge in [-0.25, -0.2) is 0 Å². The van der Waals surface area contributed by atoms with Crippen LogP contribution in [0.5, 0.6) is 0 Å². The zero-order chi connectivity index (χ0) is 12.1. The molecule has 1 fully saturated rings. The second-order valence-corrected chi connectivity index (χ2v) is 4.51. The van der Waals surface area contributed by atoms with Crippen LogP contribution < -0.4 is 0 Å². The van der Waals surface area contributed by atoms with Gasteiger partial charge >= 0.3 is 0 Å². The molecule has 0 radical (unpaired) electrons. The van der Waals surface area contributed by atoms with Crippen LogP contribution in [0.1, 0.15) is 30.7 Å². The summed E-state index contributed by atoms with van der Waals surface area (Å²) in [5, 5.41) is 8.99. The Morgan fingerprint density at radius 2 is 2.00 bits per heavy atom. The van der Waals surface area contributed by atoms with Crippen molar-refractivity contribution in [2.24, 2.45) is 0 Å². The highest BCUT2D eigenvalue weighted by Gasteiger charge is 2.27. The molecule has 1 atom stereocenters. The standard InChI is InChI=1S/C14H19NO2/c16-11-10-15-9-5-4-8-13(14(15)17)12-6-2-1-3-7-12/h1-3,6-7,13,16H,4-5,8-11H2. The van der Waals surface area contributed by atoms with Crippen molar-refractivity contribution in [1.29, 1.82) is 0 Å². The van der Waals surface area contributed by atoms with E-state index >= 15 is 0 Å². The summed E-state index contributed by atoms with van der Waals surface area (Å²) in [6.45, 7) is 1.29. The molecule has 1 aromatic carbocycles. The average Bonchev–Trinajstić information content (AvgIpc) is 2.54. The third kappa shape index (κ3) is 2.86. The van der Waals surface area contributed by atoms with E-state index in [4.69, 9.17) is 5.11 Å². The molecule has 3 nitrogen and oxygen atoms in total. The first-order valence-corrected chi connectivity index (χ1v) is 6.27. The van der Waals surface area contributed by atoms with Gasteiger partial charge in [-0.15, -0.1) is 0 Å². The Kier molecular flexibility index (Phi) is 4.15. The normalized spacial score (nSPS) is 21.4. The summed E-state index contributed by atoms with van der Waals surface area (Å²) in [5.41, 5.74) is 1.10. The van der Waals surface area contributed by atoms with E-state index < -0.39 is 0 Å². The quantitative estimate of drug-likeness (QED) is 0.864. The van der Waals surface area contributed by atoms with Crippen LogP contribution in [-0.2, 0) is 4.79 Å². The maximum Gasteiger partial charge on any atom is 0.230 e. The van der Waals surface area contributed by atoms with E-state index in [1.807, 2.05) is 30.3 Å². The number of rotatable bonds is 3. The van der Waals surface area contributed by atoms with Gasteiger partial charge in [0.1, 0.15) is 0 Å². The van der Waals surface area contributed by atoms with Gasteiger partial charge < -0.3 is 10.0 Å². The van der Waals surface area contributed by atoms with Crippen molar-refractivity contribution in [2.45, 2.75) is 25.2 Å². The highest BCUT2D eigenvalue weighted by atomic mass is 16.3. The minimum absolute atomic E-state index is 0.0229. The Balaban J connectivity index is 2.18. The van der Waals surface area contributed by atoms with Crippen LogP contribution in [0.2, 0.25) is 0 Å². The molecule has 0 spiro atoms. The number of amides is 1. The van der Waals surface area contributed by atoms with E-state index in [2.05, 4.69) is 0 Å². The number of benzene rings is 1. The number of carbonyl (C=O) groups is 1. The minimum atomic E-state index is -0.0229. The Bertz CT molecular complexity index is 364. The smallest absolute Gasteiger partial charge is 0.230 e. The number of nitrogens with zero attached hydrogens (tertiary/aromatic N) is 1. The van der Waals surface area contributed by atoms with Gasteiger partial charge in [-0.2, -0.15) is 0 Å². The first-order chi connectivity index (χ1) is 8.33. The molecule has 1 saturated heterocycles. The Labute approximate surface area is 102 Å². The van der Waals surface area contributed by atoms with Crippen molar-refractivity contribution >= 4 is 5.91 Å². The molecule has 17 heavy (non-hydrogen) atoms. The molecule has 2 rings (SSSR count). The van der Waals surface area contributed by atoms with Crippen LogP contribution in [-0.4, -0.2) is 35.6 Å². The molecule has 1 aliphatic heterocycles. The SMILES string of the molecule is O=C1C(c2ccccc2)CCCCN1CCO. The summed E-state index contributed by atoms with van der Waals surface area (Å²) in [4.78, 5) is 14.1. The van der Waals surface area contributed by atoms with E-state index in [9.17, 15) is 4.79 Å². The highest BCUT2D eigenvalue weighted by Crippen LogP contribution is 2.27. The molecule has 3 heteroatoms. The van der Waals surface area contributed by atoms with E-state index in [1.54, 1.807) is 4.90 Å². The second-order valence-electron chi connectivity index (χ2n) is 4.51. The first kappa shape index (κ1) is 12.1. The van der Waals surface area contributed by atoms with E-state index in [0.29, 0.717) is 6.54 Å². The van der Waals surface area contributed by atoms with Crippen molar-refractivity contribution in [2.75, 3.05) is 19.7 Å². The van der Waals surface area contributed by atoms with Crippen molar-refractivity contribution in [1.82, 2.24) is 4.90 Å². The van der Waals surface area contributed by atoms with Gasteiger partial charge in [0.05, 0.1) is 12.5 Å². The largest absolute Gasteiger partial charge is 0.395 e. The zero-order valence-electron chi connectivity index (χ0n) is 10.0. The van der Waals surface area contributed by atoms with Gasteiger partial charge in [-0.1, -0.05) is 36.8 Å². The van der Waals surface area contributed by atoms with Gasteiger partial charge in [-0.3, -0.25) is 4.79 Å². The van der Waals surface area contributed by atoms with Crippen LogP contribution in [0.15, 0.2) is 30.3 Å². The molecule has 1 unspecified atom stereocenters. The molecular formula is C14H19NO2. The minimum Gasteiger partial charge on any atom is -0.395 e. The summed E-state index contributed by atoms with van der Waals surface area (Å²) < 4.78 is 0. The molecule has 1 aliphatic rings. The third-order valence-corrected chi connectivity index (χ3v) is 3.35. The van der Waals surface area contributed by atoms with Gasteiger partial charge in [0.2, 0.25) is 5.91 Å². The lowest BCUT2D eigenvalue weighted by atomic mass is 9.93. The number of hydrogen-bond acceptors (Lipinski definition) is 2. The predicted octanol–water partition coefficient (Wildman–Crippen LogP) is 1.77. The summed E-state index contributed by atoms with van der Waals surface area (Å²) in [5.74, 6) is 0.146. The van der Waals surface area contributed by atoms with Crippen LogP contribution in [0.3, 0.4) is 0 Å². The summed E-state index contributed by atoms with van der Waals surface area (Å²) in [6, 6.07) is 9.96. The fourth-order valence-corrected chi connectivity index (χ4v) is 2.44. The Hall–Kier alpha value is -1.35. The Morgan fingerprint density at radius 3 is 2.71 bits per heavy atom. The summed E-state index contributed by atoms with van der Waals surface area (Å²) >= 11 is 0. The lowest BCUT2D eigenvalue weighted by molar-refractivity contribution is -0.132. The molecule has 1 aromatic rings. The monoisotopic (exact) mass is 233 g/mol. The molecule has 0 aromatic heterocycles. The predicted molar refractivity (Wildman–Crippen MR) is 66.7 cm³/mol. The van der Waals surface area contributed by atoms with E-state index in [0.717, 1.165) is 31.4 Å². The lowest BCUT2D eigenvalue weighted by Gasteiger charge is -2.23. The van der Waals surface area contributed by atoms with Crippen LogP contribution in [0, 0.1) is 0 Å². The molecular weight excluding hydrogens is 214 g/mol. The van der Waals surface area contributed by atoms with Gasteiger partial charge in [-0.05, 0) is 18.4 Å². The summed E-state index contributed by atoms with van der Waals surface area (Å²) in [7, 11) is 0. The lowest BCUT2D eigenvalue weighted by Crippen LogP contribution is -2.36. The van der Waals surface area contributed by atoms with Gasteiger partial charge in [0, 0.05) is 13.1 Å². The summed E-state index contributed by atoms with van der Waals surface area (Å²) in [6.07, 6.45) is 3.03. The van der Waals surface area contributed by atoms with E-state index in [-0.39, 0.29) is 18.4 Å². The highest BCUT2D eigenvalue weighted by molar-refractivity contribution is 5.84.